The van der Waals surface area contributed by atoms with Gasteiger partial charge in [-0.15, -0.1) is 0 Å². The van der Waals surface area contributed by atoms with E-state index in [1.54, 1.807) is 54.2 Å². The molecule has 2 saturated carbocycles. The molecule has 4 aromatic rings. The third-order valence-corrected chi connectivity index (χ3v) is 13.5. The Morgan fingerprint density at radius 3 is 2.41 bits per heavy atom. The van der Waals surface area contributed by atoms with E-state index >= 15 is 0 Å². The van der Waals surface area contributed by atoms with E-state index in [-0.39, 0.29) is 51.1 Å². The molecule has 15 atom stereocenters. The molecule has 26 heteroatoms. The van der Waals surface area contributed by atoms with Crippen molar-refractivity contribution in [2.24, 2.45) is 11.7 Å². The number of hydrogen-bond acceptors (Lipinski definition) is 21. The molecule has 3 unspecified atom stereocenters. The third-order valence-electron chi connectivity index (χ3n) is 13.5. The highest BCUT2D eigenvalue weighted by atomic mass is 19.1. The number of fused-ring (bicyclic) bond motifs is 1. The summed E-state index contributed by atoms with van der Waals surface area (Å²) in [5.41, 5.74) is 8.81. The van der Waals surface area contributed by atoms with Crippen LogP contribution >= 0.6 is 0 Å². The third kappa shape index (κ3) is 12.9. The first-order valence-electron chi connectivity index (χ1n) is 24.1. The lowest BCUT2D eigenvalue weighted by Gasteiger charge is -2.47. The van der Waals surface area contributed by atoms with E-state index in [1.807, 2.05) is 0 Å². The molecule has 0 bridgehead atoms. The summed E-state index contributed by atoms with van der Waals surface area (Å²) in [4.78, 5) is 47.7. The van der Waals surface area contributed by atoms with Gasteiger partial charge in [-0.1, -0.05) is 0 Å². The van der Waals surface area contributed by atoms with E-state index in [1.165, 1.54) is 19.2 Å². The van der Waals surface area contributed by atoms with Crippen LogP contribution in [0.5, 0.6) is 5.75 Å². The molecule has 3 heterocycles. The maximum Gasteiger partial charge on any atom is 0.251 e. The maximum absolute atomic E-state index is 14.5. The number of carbonyl (C=O) groups excluding carboxylic acids is 3. The number of imidazole rings is 1. The molecule has 3 aliphatic rings. The number of nitrogens with two attached hydrogens (primary N) is 1. The summed E-state index contributed by atoms with van der Waals surface area (Å²) in [7, 11) is 1.39. The fourth-order valence-electron chi connectivity index (χ4n) is 9.29. The molecule has 3 fully saturated rings. The molecule has 7 rings (SSSR count). The molecular formula is C48H65FN8O17. The lowest BCUT2D eigenvalue weighted by molar-refractivity contribution is -0.322. The fraction of sp³-hybridized carbons (Fsp3) is 0.562. The second-order valence-electron chi connectivity index (χ2n) is 18.5. The topological polar surface area (TPSA) is 384 Å². The molecule has 1 saturated heterocycles. The number of aliphatic hydroxyl groups excluding tert-OH is 9. The van der Waals surface area contributed by atoms with Gasteiger partial charge in [-0.05, 0) is 81.1 Å². The molecule has 2 aliphatic carbocycles. The SMILES string of the molecule is COc1ccc(-c2cnc3c(Nc4ccc(C(=O)NCCOCC(=O)NC[C@H]5O[C@@H](OC6[C@@H](O)[C@@H](OC7C[C@@H](CO)[C@H](O)[C@H](O)[C@@H]7O)CC[C@H]6NC(=O)C(O)CCN)[C@@H](O)[C@@H](O)[C@H]5O)c(C)c4)nccn23)cc1F. The minimum atomic E-state index is -1.93. The number of aliphatic hydroxyl groups is 9. The number of rotatable bonds is 21. The molecule has 15 N–H and O–H groups in total. The Morgan fingerprint density at radius 2 is 1.69 bits per heavy atom. The molecule has 74 heavy (non-hydrogen) atoms. The summed E-state index contributed by atoms with van der Waals surface area (Å²) in [5, 5.41) is 107. The average Bonchev–Trinajstić information content (AvgIpc) is 3.83. The van der Waals surface area contributed by atoms with Gasteiger partial charge in [0.15, 0.2) is 29.3 Å². The van der Waals surface area contributed by atoms with Crippen molar-refractivity contribution in [1.29, 1.82) is 0 Å². The number of aromatic nitrogens is 3. The van der Waals surface area contributed by atoms with Gasteiger partial charge in [0.1, 0.15) is 61.5 Å². The van der Waals surface area contributed by atoms with E-state index in [9.17, 15) is 64.7 Å². The number of aryl methyl sites for hydroxylation is 1. The minimum absolute atomic E-state index is 0.0210. The second-order valence-corrected chi connectivity index (χ2v) is 18.5. The number of hydrogen-bond donors (Lipinski definition) is 14. The van der Waals surface area contributed by atoms with Crippen LogP contribution in [0.15, 0.2) is 55.0 Å². The predicted octanol–water partition coefficient (Wildman–Crippen LogP) is -3.15. The van der Waals surface area contributed by atoms with Crippen molar-refractivity contribution < 1.29 is 88.4 Å². The van der Waals surface area contributed by atoms with Crippen LogP contribution in [0.2, 0.25) is 0 Å². The Bertz CT molecular complexity index is 2540. The van der Waals surface area contributed by atoms with Gasteiger partial charge < -0.3 is 96.6 Å². The lowest BCUT2D eigenvalue weighted by Crippen LogP contribution is -2.65. The smallest absolute Gasteiger partial charge is 0.251 e. The number of ether oxygens (including phenoxy) is 5. The monoisotopic (exact) mass is 1040 g/mol. The molecule has 25 nitrogen and oxygen atoms in total. The summed E-state index contributed by atoms with van der Waals surface area (Å²) >= 11 is 0. The number of anilines is 2. The van der Waals surface area contributed by atoms with Crippen LogP contribution in [0.3, 0.4) is 0 Å². The van der Waals surface area contributed by atoms with Crippen molar-refractivity contribution >= 4 is 34.9 Å². The van der Waals surface area contributed by atoms with E-state index < -0.39 is 135 Å². The van der Waals surface area contributed by atoms with Gasteiger partial charge in [0.05, 0.1) is 50.0 Å². The van der Waals surface area contributed by atoms with Crippen LogP contribution in [0.4, 0.5) is 15.9 Å². The highest BCUT2D eigenvalue weighted by Gasteiger charge is 2.51. The van der Waals surface area contributed by atoms with Crippen LogP contribution in [0.1, 0.15) is 41.6 Å². The minimum Gasteiger partial charge on any atom is -0.494 e. The zero-order valence-electron chi connectivity index (χ0n) is 40.5. The Labute approximate surface area is 423 Å². The van der Waals surface area contributed by atoms with Crippen LogP contribution < -0.4 is 31.7 Å². The molecule has 2 aromatic heterocycles. The van der Waals surface area contributed by atoms with Crippen molar-refractivity contribution in [3.05, 3.63) is 71.9 Å². The number of amides is 3. The number of carbonyl (C=O) groups is 3. The highest BCUT2D eigenvalue weighted by Crippen LogP contribution is 2.35. The number of benzene rings is 2. The van der Waals surface area contributed by atoms with E-state index in [0.29, 0.717) is 39.5 Å². The molecule has 0 radical (unpaired) electrons. The first-order chi connectivity index (χ1) is 35.4. The van der Waals surface area contributed by atoms with E-state index in [4.69, 9.17) is 29.4 Å². The molecule has 0 spiro atoms. The Morgan fingerprint density at radius 1 is 0.919 bits per heavy atom. The van der Waals surface area contributed by atoms with Crippen molar-refractivity contribution in [2.45, 2.75) is 118 Å². The fourth-order valence-corrected chi connectivity index (χ4v) is 9.29. The van der Waals surface area contributed by atoms with Gasteiger partial charge >= 0.3 is 0 Å². The first kappa shape index (κ1) is 56.2. The van der Waals surface area contributed by atoms with Gasteiger partial charge in [0.2, 0.25) is 11.8 Å². The highest BCUT2D eigenvalue weighted by molar-refractivity contribution is 5.96. The molecular weight excluding hydrogens is 980 g/mol. The summed E-state index contributed by atoms with van der Waals surface area (Å²) in [6.07, 6.45) is -15.8. The summed E-state index contributed by atoms with van der Waals surface area (Å²) in [6.45, 7) is 0.216. The van der Waals surface area contributed by atoms with Crippen molar-refractivity contribution in [2.75, 3.05) is 51.9 Å². The molecule has 3 amide bonds. The normalized spacial score (nSPS) is 29.6. The van der Waals surface area contributed by atoms with Gasteiger partial charge in [-0.25, -0.2) is 14.4 Å². The quantitative estimate of drug-likeness (QED) is 0.0367. The Hall–Kier alpha value is -5.56. The number of nitrogens with one attached hydrogen (secondary N) is 4. The van der Waals surface area contributed by atoms with Crippen molar-refractivity contribution in [1.82, 2.24) is 30.3 Å². The summed E-state index contributed by atoms with van der Waals surface area (Å²) in [5.74, 6) is -2.78. The molecule has 1 aliphatic heterocycles. The van der Waals surface area contributed by atoms with Crippen molar-refractivity contribution in [3.63, 3.8) is 0 Å². The predicted molar refractivity (Wildman–Crippen MR) is 256 cm³/mol. The largest absolute Gasteiger partial charge is 0.494 e. The van der Waals surface area contributed by atoms with Crippen LogP contribution in [0.25, 0.3) is 16.9 Å². The van der Waals surface area contributed by atoms with Gasteiger partial charge in [-0.3, -0.25) is 18.8 Å². The average molecular weight is 1050 g/mol. The number of methoxy groups -OCH3 is 1. The molecule has 2 aromatic carbocycles. The van der Waals surface area contributed by atoms with Crippen molar-refractivity contribution in [3.8, 4) is 17.0 Å². The van der Waals surface area contributed by atoms with Crippen LogP contribution in [-0.4, -0.2) is 210 Å². The first-order valence-corrected chi connectivity index (χ1v) is 24.1. The summed E-state index contributed by atoms with van der Waals surface area (Å²) in [6, 6.07) is 8.61. The second kappa shape index (κ2) is 25.3. The van der Waals surface area contributed by atoms with E-state index in [2.05, 4.69) is 31.2 Å². The number of nitrogens with zero attached hydrogens (tertiary/aromatic N) is 3. The van der Waals surface area contributed by atoms with Crippen LogP contribution in [-0.2, 0) is 28.5 Å². The Balaban J connectivity index is 0.889. The van der Waals surface area contributed by atoms with Gasteiger partial charge in [0.25, 0.3) is 5.91 Å². The standard InChI is InChI=1S/C48H65FN8O17/c1-22-15-25(55-44-45-54-18-29(57(45)13-11-51-44)23-3-7-31(70-2)27(49)16-23)4-5-26(22)46(68)52-12-14-71-21-35(60)53-19-34-38(63)41(66)42(67)48(73-34)74-43-28(56-47(69)30(59)9-10-50)6-8-32(39(43)64)72-33-17-24(20-58)36(61)40(65)37(33)62/h3-5,7,11,13,15-16,18,24,28,30,32-34,36-43,48,58-59,61-67H,6,8-10,12,14,17,19-21,50H2,1-2H3,(H,51,55)(H,52,68)(H,53,60)(H,56,69)/t24-,28+,30?,32-,33?,34+,36-,37+,38-,39-,40-,41-,42-,43?,48-/m0/s1. The zero-order chi connectivity index (χ0) is 53.4. The summed E-state index contributed by atoms with van der Waals surface area (Å²) < 4.78 is 44.6. The van der Waals surface area contributed by atoms with E-state index in [0.717, 1.165) is 0 Å². The Kier molecular flexibility index (Phi) is 19.2. The number of halogens is 1. The zero-order valence-corrected chi connectivity index (χ0v) is 40.5. The maximum atomic E-state index is 14.5. The van der Waals surface area contributed by atoms with Gasteiger partial charge in [0, 0.05) is 54.8 Å². The van der Waals surface area contributed by atoms with Crippen LogP contribution in [0, 0.1) is 18.7 Å². The molecule has 406 valence electrons. The lowest BCUT2D eigenvalue weighted by atomic mass is 9.80. The van der Waals surface area contributed by atoms with Gasteiger partial charge in [-0.2, -0.15) is 0 Å².